The van der Waals surface area contributed by atoms with Crippen LogP contribution in [0.2, 0.25) is 5.02 Å². The second-order valence-electron chi connectivity index (χ2n) is 7.80. The number of carbonyl (C=O) groups is 2. The van der Waals surface area contributed by atoms with Crippen LogP contribution in [0.1, 0.15) is 33.5 Å². The van der Waals surface area contributed by atoms with Gasteiger partial charge in [0.2, 0.25) is 5.91 Å². The molecule has 1 unspecified atom stereocenters. The topological polar surface area (TPSA) is 67.4 Å². The van der Waals surface area contributed by atoms with E-state index in [4.69, 9.17) is 16.3 Å². The zero-order chi connectivity index (χ0) is 24.2. The van der Waals surface area contributed by atoms with E-state index in [0.29, 0.717) is 36.8 Å². The molecule has 0 aromatic heterocycles. The number of hydrogen-bond donors (Lipinski definition) is 2. The summed E-state index contributed by atoms with van der Waals surface area (Å²) < 4.78 is 5.82. The molecule has 0 saturated carbocycles. The molecule has 2 amide bonds. The largest absolute Gasteiger partial charge is 0.372 e. The first-order valence-corrected chi connectivity index (χ1v) is 12.9. The van der Waals surface area contributed by atoms with Crippen LogP contribution in [-0.2, 0) is 29.3 Å². The molecule has 7 heteroatoms. The van der Waals surface area contributed by atoms with Crippen molar-refractivity contribution in [1.82, 2.24) is 10.6 Å². The molecule has 0 radical (unpaired) electrons. The van der Waals surface area contributed by atoms with Gasteiger partial charge in [0.05, 0.1) is 23.8 Å². The van der Waals surface area contributed by atoms with Crippen LogP contribution in [-0.4, -0.2) is 29.9 Å². The molecule has 3 rings (SSSR count). The zero-order valence-electron chi connectivity index (χ0n) is 19.1. The Morgan fingerprint density at radius 3 is 2.35 bits per heavy atom. The number of nitrogens with one attached hydrogen (secondary N) is 2. The minimum Gasteiger partial charge on any atom is -0.372 e. The van der Waals surface area contributed by atoms with Gasteiger partial charge < -0.3 is 15.4 Å². The Morgan fingerprint density at radius 2 is 1.59 bits per heavy atom. The van der Waals surface area contributed by atoms with Gasteiger partial charge in [-0.05, 0) is 47.3 Å². The summed E-state index contributed by atoms with van der Waals surface area (Å²) in [6.45, 7) is 1.40. The monoisotopic (exact) mass is 496 g/mol. The van der Waals surface area contributed by atoms with Crippen molar-refractivity contribution in [1.29, 1.82) is 0 Å². The van der Waals surface area contributed by atoms with Gasteiger partial charge in [0.25, 0.3) is 5.91 Å². The molecule has 0 heterocycles. The van der Waals surface area contributed by atoms with Crippen LogP contribution in [0.4, 0.5) is 0 Å². The van der Waals surface area contributed by atoms with Gasteiger partial charge in [-0.1, -0.05) is 78.3 Å². The van der Waals surface area contributed by atoms with E-state index >= 15 is 0 Å². The summed E-state index contributed by atoms with van der Waals surface area (Å²) in [6.07, 6.45) is 2.49. The number of amides is 2. The van der Waals surface area contributed by atoms with Crippen LogP contribution in [0.15, 0.2) is 78.9 Å². The number of ether oxygens (including phenoxy) is 1. The summed E-state index contributed by atoms with van der Waals surface area (Å²) in [5.41, 5.74) is 3.49. The fourth-order valence-electron chi connectivity index (χ4n) is 3.39. The smallest absolute Gasteiger partial charge is 0.253 e. The Balaban J connectivity index is 1.54. The van der Waals surface area contributed by atoms with Gasteiger partial charge in [-0.2, -0.15) is 11.8 Å². The van der Waals surface area contributed by atoms with Crippen LogP contribution in [0.25, 0.3) is 0 Å². The highest BCUT2D eigenvalue weighted by Gasteiger charge is 2.22. The molecule has 0 aliphatic heterocycles. The maximum absolute atomic E-state index is 12.9. The van der Waals surface area contributed by atoms with E-state index in [-0.39, 0.29) is 11.8 Å². The Kier molecular flexibility index (Phi) is 10.5. The summed E-state index contributed by atoms with van der Waals surface area (Å²) in [6, 6.07) is 24.1. The summed E-state index contributed by atoms with van der Waals surface area (Å²) in [4.78, 5) is 25.6. The molecule has 3 aromatic carbocycles. The molecule has 0 aliphatic rings. The van der Waals surface area contributed by atoms with Gasteiger partial charge in [0.15, 0.2) is 0 Å². The van der Waals surface area contributed by atoms with Crippen LogP contribution < -0.4 is 10.6 Å². The SMILES string of the molecule is CSCCC(NC(=O)c1ccccc1Cl)C(=O)NCc1cccc(COCc2ccccc2)c1. The van der Waals surface area contributed by atoms with Gasteiger partial charge in [-0.15, -0.1) is 0 Å². The van der Waals surface area contributed by atoms with E-state index in [1.165, 1.54) is 0 Å². The minimum absolute atomic E-state index is 0.222. The molecule has 34 heavy (non-hydrogen) atoms. The number of halogens is 1. The second kappa shape index (κ2) is 13.8. The van der Waals surface area contributed by atoms with Crippen LogP contribution in [0, 0.1) is 0 Å². The van der Waals surface area contributed by atoms with E-state index < -0.39 is 6.04 Å². The number of benzene rings is 3. The highest BCUT2D eigenvalue weighted by molar-refractivity contribution is 7.98. The van der Waals surface area contributed by atoms with Crippen LogP contribution in [0.5, 0.6) is 0 Å². The van der Waals surface area contributed by atoms with Crippen molar-refractivity contribution in [3.05, 3.63) is 106 Å². The Morgan fingerprint density at radius 1 is 0.912 bits per heavy atom. The number of rotatable bonds is 12. The lowest BCUT2D eigenvalue weighted by Crippen LogP contribution is -2.47. The molecule has 0 saturated heterocycles. The summed E-state index contributed by atoms with van der Waals surface area (Å²) >= 11 is 7.76. The molecule has 0 bridgehead atoms. The van der Waals surface area contributed by atoms with Crippen molar-refractivity contribution in [2.75, 3.05) is 12.0 Å². The molecule has 0 spiro atoms. The third kappa shape index (κ3) is 8.20. The van der Waals surface area contributed by atoms with Crippen molar-refractivity contribution in [2.45, 2.75) is 32.2 Å². The fourth-order valence-corrected chi connectivity index (χ4v) is 4.08. The normalized spacial score (nSPS) is 11.6. The van der Waals surface area contributed by atoms with Gasteiger partial charge in [0, 0.05) is 6.54 Å². The predicted molar refractivity (Wildman–Crippen MR) is 139 cm³/mol. The summed E-state index contributed by atoms with van der Waals surface area (Å²) in [5.74, 6) is 0.166. The van der Waals surface area contributed by atoms with Crippen LogP contribution in [0.3, 0.4) is 0 Å². The maximum Gasteiger partial charge on any atom is 0.253 e. The van der Waals surface area contributed by atoms with Gasteiger partial charge in [-0.25, -0.2) is 0 Å². The van der Waals surface area contributed by atoms with Gasteiger partial charge in [-0.3, -0.25) is 9.59 Å². The zero-order valence-corrected chi connectivity index (χ0v) is 20.7. The van der Waals surface area contributed by atoms with Crippen molar-refractivity contribution < 1.29 is 14.3 Å². The molecular formula is C27H29ClN2O3S. The van der Waals surface area contributed by atoms with Crippen molar-refractivity contribution in [3.8, 4) is 0 Å². The molecule has 5 nitrogen and oxygen atoms in total. The number of hydrogen-bond acceptors (Lipinski definition) is 4. The van der Waals surface area contributed by atoms with E-state index in [0.717, 1.165) is 22.4 Å². The Labute approximate surface area is 210 Å². The predicted octanol–water partition coefficient (Wildman–Crippen LogP) is 5.22. The highest BCUT2D eigenvalue weighted by atomic mass is 35.5. The van der Waals surface area contributed by atoms with Crippen molar-refractivity contribution in [2.24, 2.45) is 0 Å². The second-order valence-corrected chi connectivity index (χ2v) is 9.20. The van der Waals surface area contributed by atoms with E-state index in [1.807, 2.05) is 60.9 Å². The molecule has 0 aliphatic carbocycles. The first-order valence-electron chi connectivity index (χ1n) is 11.1. The Bertz CT molecular complexity index is 1080. The number of carbonyl (C=O) groups excluding carboxylic acids is 2. The van der Waals surface area contributed by atoms with Crippen LogP contribution >= 0.6 is 23.4 Å². The van der Waals surface area contributed by atoms with E-state index in [9.17, 15) is 9.59 Å². The molecule has 2 N–H and O–H groups in total. The summed E-state index contributed by atoms with van der Waals surface area (Å²) in [5, 5.41) is 6.14. The average Bonchev–Trinajstić information content (AvgIpc) is 2.86. The third-order valence-electron chi connectivity index (χ3n) is 5.19. The highest BCUT2D eigenvalue weighted by Crippen LogP contribution is 2.15. The first kappa shape index (κ1) is 25.8. The van der Waals surface area contributed by atoms with Gasteiger partial charge >= 0.3 is 0 Å². The minimum atomic E-state index is -0.645. The first-order chi connectivity index (χ1) is 16.6. The standard InChI is InChI=1S/C27H29ClN2O3S/c1-34-15-14-25(30-26(31)23-12-5-6-13-24(23)28)27(32)29-17-21-10-7-11-22(16-21)19-33-18-20-8-3-2-4-9-20/h2-13,16,25H,14-15,17-19H2,1H3,(H,29,32)(H,30,31). The molecule has 178 valence electrons. The fraction of sp³-hybridized carbons (Fsp3) is 0.259. The lowest BCUT2D eigenvalue weighted by Gasteiger charge is -2.19. The maximum atomic E-state index is 12.9. The van der Waals surface area contributed by atoms with E-state index in [1.54, 1.807) is 36.0 Å². The molecular weight excluding hydrogens is 468 g/mol. The lowest BCUT2D eigenvalue weighted by molar-refractivity contribution is -0.123. The quantitative estimate of drug-likeness (QED) is 0.360. The van der Waals surface area contributed by atoms with Crippen molar-refractivity contribution in [3.63, 3.8) is 0 Å². The lowest BCUT2D eigenvalue weighted by atomic mass is 10.1. The van der Waals surface area contributed by atoms with Crippen molar-refractivity contribution >= 4 is 35.2 Å². The van der Waals surface area contributed by atoms with E-state index in [2.05, 4.69) is 10.6 Å². The number of thioether (sulfide) groups is 1. The molecule has 3 aromatic rings. The molecule has 0 fully saturated rings. The summed E-state index contributed by atoms with van der Waals surface area (Å²) in [7, 11) is 0. The Hall–Kier alpha value is -2.80. The average molecular weight is 497 g/mol. The third-order valence-corrected chi connectivity index (χ3v) is 6.16. The van der Waals surface area contributed by atoms with Gasteiger partial charge in [0.1, 0.15) is 6.04 Å². The molecule has 1 atom stereocenters.